The first-order valence-electron chi connectivity index (χ1n) is 9.11. The number of Topliss-reactive ketones (excluding diaryl/α,β-unsaturated/α-hetero) is 1. The minimum atomic E-state index is -0.746. The third-order valence-corrected chi connectivity index (χ3v) is 5.43. The Labute approximate surface area is 162 Å². The molecule has 0 saturated heterocycles. The summed E-state index contributed by atoms with van der Waals surface area (Å²) in [7, 11) is 1.60. The first-order valence-corrected chi connectivity index (χ1v) is 9.11. The Morgan fingerprint density at radius 1 is 0.964 bits per heavy atom. The van der Waals surface area contributed by atoms with Crippen molar-refractivity contribution in [3.63, 3.8) is 0 Å². The van der Waals surface area contributed by atoms with Gasteiger partial charge in [-0.3, -0.25) is 14.5 Å². The zero-order valence-corrected chi connectivity index (χ0v) is 15.8. The van der Waals surface area contributed by atoms with E-state index in [1.165, 1.54) is 0 Å². The molecule has 0 N–H and O–H groups in total. The van der Waals surface area contributed by atoms with E-state index in [0.29, 0.717) is 28.1 Å². The van der Waals surface area contributed by atoms with E-state index in [-0.39, 0.29) is 11.7 Å². The molecule has 2 aromatic carbocycles. The van der Waals surface area contributed by atoms with E-state index < -0.39 is 5.41 Å². The number of carbonyl (C=O) groups is 2. The maximum atomic E-state index is 13.5. The van der Waals surface area contributed by atoms with Gasteiger partial charge in [0.25, 0.3) is 5.91 Å². The molecule has 0 radical (unpaired) electrons. The molecule has 1 aliphatic carbocycles. The third kappa shape index (κ3) is 2.10. The normalized spacial score (nSPS) is 17.0. The van der Waals surface area contributed by atoms with Gasteiger partial charge in [-0.1, -0.05) is 18.2 Å². The Kier molecular flexibility index (Phi) is 3.29. The lowest BCUT2D eigenvalue weighted by atomic mass is 9.78. The molecule has 0 bridgehead atoms. The Balaban J connectivity index is 1.83. The van der Waals surface area contributed by atoms with E-state index in [1.54, 1.807) is 12.0 Å². The third-order valence-electron chi connectivity index (χ3n) is 5.43. The first-order chi connectivity index (χ1) is 13.4. The van der Waals surface area contributed by atoms with Gasteiger partial charge in [-0.25, -0.2) is 4.98 Å². The summed E-state index contributed by atoms with van der Waals surface area (Å²) in [5.41, 5.74) is 2.93. The Hall–Kier alpha value is -3.47. The molecule has 0 fully saturated rings. The molecule has 0 atom stereocenters. The lowest BCUT2D eigenvalue weighted by molar-refractivity contribution is 0.0877. The molecule has 1 aromatic heterocycles. The predicted octanol–water partition coefficient (Wildman–Crippen LogP) is 4.47. The number of hydrogen-bond acceptors (Lipinski definition) is 4. The number of rotatable bonds is 2. The molecule has 0 saturated carbocycles. The van der Waals surface area contributed by atoms with Crippen LogP contribution in [0.5, 0.6) is 5.75 Å². The van der Waals surface area contributed by atoms with Gasteiger partial charge >= 0.3 is 0 Å². The second-order valence-electron chi connectivity index (χ2n) is 7.65. The largest absolute Gasteiger partial charge is 0.497 e. The average molecular weight is 370 g/mol. The van der Waals surface area contributed by atoms with Crippen LogP contribution in [0, 0.1) is 5.41 Å². The summed E-state index contributed by atoms with van der Waals surface area (Å²) in [5.74, 6) is 0.508. The van der Waals surface area contributed by atoms with E-state index in [1.807, 2.05) is 68.5 Å². The number of pyridine rings is 1. The standard InChI is InChI=1S/C23H18N2O3/c1-23(2)12-17-19-18(15-6-4-5-7-16(15)24-20(19)21(23)26)22(27)25(17)13-8-10-14(28-3)11-9-13/h4-12H,1-3H3. The monoisotopic (exact) mass is 370 g/mol. The van der Waals surface area contributed by atoms with Crippen LogP contribution in [0.15, 0.2) is 54.6 Å². The zero-order valence-electron chi connectivity index (χ0n) is 15.8. The fourth-order valence-electron chi connectivity index (χ4n) is 4.02. The van der Waals surface area contributed by atoms with E-state index in [2.05, 4.69) is 4.98 Å². The van der Waals surface area contributed by atoms with E-state index in [9.17, 15) is 9.59 Å². The van der Waals surface area contributed by atoms with Crippen LogP contribution < -0.4 is 9.64 Å². The molecule has 1 amide bonds. The Morgan fingerprint density at radius 2 is 1.68 bits per heavy atom. The lowest BCUT2D eigenvalue weighted by Gasteiger charge is -2.28. The highest BCUT2D eigenvalue weighted by atomic mass is 16.5. The number of ketones is 1. The molecular formula is C23H18N2O3. The van der Waals surface area contributed by atoms with Crippen LogP contribution in [-0.2, 0) is 0 Å². The summed E-state index contributed by atoms with van der Waals surface area (Å²) in [6.45, 7) is 3.72. The van der Waals surface area contributed by atoms with Crippen molar-refractivity contribution in [1.82, 2.24) is 4.98 Å². The maximum absolute atomic E-state index is 13.5. The molecule has 5 nitrogen and oxygen atoms in total. The van der Waals surface area contributed by atoms with Crippen molar-refractivity contribution in [2.24, 2.45) is 5.41 Å². The fourth-order valence-corrected chi connectivity index (χ4v) is 4.02. The van der Waals surface area contributed by atoms with Gasteiger partial charge in [0.1, 0.15) is 11.4 Å². The van der Waals surface area contributed by atoms with Crippen LogP contribution in [0.25, 0.3) is 16.6 Å². The van der Waals surface area contributed by atoms with E-state index >= 15 is 0 Å². The number of para-hydroxylation sites is 1. The second kappa shape index (κ2) is 5.52. The second-order valence-corrected chi connectivity index (χ2v) is 7.65. The minimum absolute atomic E-state index is 0.0670. The van der Waals surface area contributed by atoms with Crippen molar-refractivity contribution in [2.45, 2.75) is 13.8 Å². The van der Waals surface area contributed by atoms with Gasteiger partial charge in [-0.05, 0) is 50.3 Å². The zero-order chi connectivity index (χ0) is 19.6. The number of amides is 1. The molecular weight excluding hydrogens is 352 g/mol. The van der Waals surface area contributed by atoms with Crippen LogP contribution in [0.1, 0.15) is 40.3 Å². The minimum Gasteiger partial charge on any atom is -0.497 e. The summed E-state index contributed by atoms with van der Waals surface area (Å²) in [6, 6.07) is 14.8. The van der Waals surface area contributed by atoms with Crippen LogP contribution in [-0.4, -0.2) is 23.8 Å². The number of hydrogen-bond donors (Lipinski definition) is 0. The molecule has 0 spiro atoms. The van der Waals surface area contributed by atoms with Crippen molar-refractivity contribution in [2.75, 3.05) is 12.0 Å². The number of methoxy groups -OCH3 is 1. The van der Waals surface area contributed by atoms with Crippen LogP contribution >= 0.6 is 0 Å². The number of benzene rings is 2. The van der Waals surface area contributed by atoms with Gasteiger partial charge in [0.2, 0.25) is 0 Å². The molecule has 0 unspecified atom stereocenters. The summed E-state index contributed by atoms with van der Waals surface area (Å²) in [4.78, 5) is 33.0. The number of anilines is 1. The molecule has 138 valence electrons. The van der Waals surface area contributed by atoms with Crippen molar-refractivity contribution in [3.05, 3.63) is 71.4 Å². The smallest absolute Gasteiger partial charge is 0.264 e. The number of nitrogens with zero attached hydrogens (tertiary/aromatic N) is 2. The number of ether oxygens (including phenoxy) is 1. The highest BCUT2D eigenvalue weighted by Gasteiger charge is 2.45. The van der Waals surface area contributed by atoms with Crippen molar-refractivity contribution in [1.29, 1.82) is 0 Å². The maximum Gasteiger partial charge on any atom is 0.264 e. The van der Waals surface area contributed by atoms with Crippen LogP contribution in [0.2, 0.25) is 0 Å². The average Bonchev–Trinajstić information content (AvgIpc) is 2.98. The predicted molar refractivity (Wildman–Crippen MR) is 108 cm³/mol. The van der Waals surface area contributed by atoms with Gasteiger partial charge < -0.3 is 4.74 Å². The quantitative estimate of drug-likeness (QED) is 0.668. The first kappa shape index (κ1) is 16.7. The highest BCUT2D eigenvalue weighted by Crippen LogP contribution is 2.47. The molecule has 3 aromatic rings. The molecule has 28 heavy (non-hydrogen) atoms. The van der Waals surface area contributed by atoms with Crippen LogP contribution in [0.3, 0.4) is 0 Å². The van der Waals surface area contributed by atoms with Crippen molar-refractivity contribution < 1.29 is 14.3 Å². The Morgan fingerprint density at radius 3 is 2.39 bits per heavy atom. The fraction of sp³-hybridized carbons (Fsp3) is 0.174. The SMILES string of the molecule is COc1ccc(N2C(=O)c3c4c(nc5ccccc35)C(=O)C(C)(C)C=C42)cc1. The van der Waals surface area contributed by atoms with Gasteiger partial charge in [-0.2, -0.15) is 0 Å². The lowest BCUT2D eigenvalue weighted by Crippen LogP contribution is -2.30. The molecule has 1 aliphatic heterocycles. The summed E-state index contributed by atoms with van der Waals surface area (Å²) >= 11 is 0. The summed E-state index contributed by atoms with van der Waals surface area (Å²) in [5, 5.41) is 0.765. The Bertz CT molecular complexity index is 1210. The van der Waals surface area contributed by atoms with Gasteiger partial charge in [-0.15, -0.1) is 0 Å². The van der Waals surface area contributed by atoms with Crippen molar-refractivity contribution in [3.8, 4) is 5.75 Å². The number of allylic oxidation sites excluding steroid dienone is 1. The van der Waals surface area contributed by atoms with E-state index in [0.717, 1.165) is 16.8 Å². The number of fused-ring (bicyclic) bond motifs is 2. The molecule has 2 heterocycles. The van der Waals surface area contributed by atoms with Gasteiger partial charge in [0.15, 0.2) is 5.78 Å². The summed E-state index contributed by atoms with van der Waals surface area (Å²) in [6.07, 6.45) is 1.88. The summed E-state index contributed by atoms with van der Waals surface area (Å²) < 4.78 is 5.24. The van der Waals surface area contributed by atoms with Gasteiger partial charge in [0, 0.05) is 22.1 Å². The van der Waals surface area contributed by atoms with Crippen LogP contribution in [0.4, 0.5) is 5.69 Å². The molecule has 2 aliphatic rings. The van der Waals surface area contributed by atoms with Crippen molar-refractivity contribution >= 4 is 34.0 Å². The molecule has 5 rings (SSSR count). The highest BCUT2D eigenvalue weighted by molar-refractivity contribution is 6.30. The number of aromatic nitrogens is 1. The number of carbonyl (C=O) groups excluding carboxylic acids is 2. The molecule has 5 heteroatoms. The topological polar surface area (TPSA) is 59.5 Å². The van der Waals surface area contributed by atoms with E-state index in [4.69, 9.17) is 4.74 Å². The van der Waals surface area contributed by atoms with Gasteiger partial charge in [0.05, 0.1) is 23.9 Å².